The van der Waals surface area contributed by atoms with Gasteiger partial charge in [0.15, 0.2) is 6.61 Å². The van der Waals surface area contributed by atoms with Crippen molar-refractivity contribution in [3.63, 3.8) is 0 Å². The van der Waals surface area contributed by atoms with Gasteiger partial charge in [-0.15, -0.1) is 0 Å². The number of carbonyl (C=O) groups excluding carboxylic acids is 4. The predicted octanol–water partition coefficient (Wildman–Crippen LogP) is 2.87. The van der Waals surface area contributed by atoms with E-state index in [0.29, 0.717) is 0 Å². The van der Waals surface area contributed by atoms with Crippen molar-refractivity contribution in [1.82, 2.24) is 0 Å². The molecule has 1 fully saturated rings. The maximum absolute atomic E-state index is 12.9. The summed E-state index contributed by atoms with van der Waals surface area (Å²) in [6.07, 6.45) is -4.66. The van der Waals surface area contributed by atoms with Crippen molar-refractivity contribution in [3.05, 3.63) is 24.3 Å². The van der Waals surface area contributed by atoms with Crippen molar-refractivity contribution in [2.45, 2.75) is 33.4 Å². The van der Waals surface area contributed by atoms with Crippen molar-refractivity contribution < 1.29 is 41.8 Å². The third-order valence-corrected chi connectivity index (χ3v) is 4.56. The summed E-state index contributed by atoms with van der Waals surface area (Å²) in [6.45, 7) is 2.43. The molecule has 1 aromatic rings. The van der Waals surface area contributed by atoms with Crippen LogP contribution in [0, 0.1) is 17.8 Å². The Kier molecular flexibility index (Phi) is 6.66. The molecule has 1 aliphatic heterocycles. The van der Waals surface area contributed by atoms with Crippen LogP contribution >= 0.6 is 0 Å². The number of esters is 2. The van der Waals surface area contributed by atoms with Crippen LogP contribution in [-0.4, -0.2) is 36.5 Å². The van der Waals surface area contributed by atoms with Gasteiger partial charge in [-0.2, -0.15) is 13.2 Å². The van der Waals surface area contributed by atoms with Gasteiger partial charge in [-0.1, -0.05) is 13.8 Å². The lowest BCUT2D eigenvalue weighted by Crippen LogP contribution is -2.36. The van der Waals surface area contributed by atoms with Gasteiger partial charge in [0.1, 0.15) is 5.75 Å². The minimum atomic E-state index is -4.69. The molecule has 0 saturated carbocycles. The molecule has 0 aromatic heterocycles. The SMILES string of the molecule is CCC(C(=O)OCC(F)(F)F)C1C(=O)N(c2ccc(OC(C)=O)cc2)C(=O)C1C. The van der Waals surface area contributed by atoms with E-state index in [1.165, 1.54) is 45.0 Å². The van der Waals surface area contributed by atoms with E-state index >= 15 is 0 Å². The average Bonchev–Trinajstić information content (AvgIpc) is 2.84. The molecule has 7 nitrogen and oxygen atoms in total. The number of halogens is 3. The van der Waals surface area contributed by atoms with Gasteiger partial charge in [-0.3, -0.25) is 24.1 Å². The van der Waals surface area contributed by atoms with Gasteiger partial charge in [-0.25, -0.2) is 0 Å². The zero-order chi connectivity index (χ0) is 21.9. The Balaban J connectivity index is 2.23. The molecule has 0 bridgehead atoms. The molecule has 29 heavy (non-hydrogen) atoms. The van der Waals surface area contributed by atoms with E-state index < -0.39 is 54.3 Å². The van der Waals surface area contributed by atoms with Crippen LogP contribution in [0.1, 0.15) is 27.2 Å². The quantitative estimate of drug-likeness (QED) is 0.403. The third kappa shape index (κ3) is 5.12. The highest BCUT2D eigenvalue weighted by Gasteiger charge is 2.51. The fraction of sp³-hybridized carbons (Fsp3) is 0.474. The number of nitrogens with zero attached hydrogens (tertiary/aromatic N) is 1. The van der Waals surface area contributed by atoms with Crippen molar-refractivity contribution >= 4 is 29.4 Å². The predicted molar refractivity (Wildman–Crippen MR) is 93.7 cm³/mol. The van der Waals surface area contributed by atoms with Crippen LogP contribution in [-0.2, 0) is 23.9 Å². The van der Waals surface area contributed by atoms with Crippen LogP contribution in [0.5, 0.6) is 5.75 Å². The fourth-order valence-corrected chi connectivity index (χ4v) is 3.26. The summed E-state index contributed by atoms with van der Waals surface area (Å²) in [7, 11) is 0. The molecule has 158 valence electrons. The molecule has 2 amide bonds. The lowest BCUT2D eigenvalue weighted by molar-refractivity contribution is -0.190. The Labute approximate surface area is 164 Å². The summed E-state index contributed by atoms with van der Waals surface area (Å²) < 4.78 is 46.2. The van der Waals surface area contributed by atoms with Gasteiger partial charge in [0.25, 0.3) is 0 Å². The molecular formula is C19H20F3NO6. The Morgan fingerprint density at radius 2 is 1.72 bits per heavy atom. The van der Waals surface area contributed by atoms with Gasteiger partial charge < -0.3 is 9.47 Å². The van der Waals surface area contributed by atoms with Gasteiger partial charge >= 0.3 is 18.1 Å². The molecule has 0 N–H and O–H groups in total. The minimum absolute atomic E-state index is 0.0317. The number of amides is 2. The summed E-state index contributed by atoms with van der Waals surface area (Å²) in [6, 6.07) is 5.58. The number of anilines is 1. The molecule has 10 heteroatoms. The molecule has 1 aromatic carbocycles. The number of carbonyl (C=O) groups is 4. The first kappa shape index (κ1) is 22.4. The van der Waals surface area contributed by atoms with E-state index in [0.717, 1.165) is 4.90 Å². The molecule has 0 spiro atoms. The molecule has 2 rings (SSSR count). The van der Waals surface area contributed by atoms with Gasteiger partial charge in [0.05, 0.1) is 17.5 Å². The van der Waals surface area contributed by atoms with Crippen LogP contribution in [0.2, 0.25) is 0 Å². The summed E-state index contributed by atoms with van der Waals surface area (Å²) in [5.74, 6) is -6.01. The van der Waals surface area contributed by atoms with Gasteiger partial charge in [0, 0.05) is 12.8 Å². The number of imide groups is 1. The Bertz CT molecular complexity index is 805. The maximum Gasteiger partial charge on any atom is 0.422 e. The van der Waals surface area contributed by atoms with Gasteiger partial charge in [0.2, 0.25) is 11.8 Å². The second-order valence-corrected chi connectivity index (χ2v) is 6.65. The van der Waals surface area contributed by atoms with Crippen LogP contribution in [0.15, 0.2) is 24.3 Å². The fourth-order valence-electron chi connectivity index (χ4n) is 3.26. The van der Waals surface area contributed by atoms with E-state index in [9.17, 15) is 32.3 Å². The van der Waals surface area contributed by atoms with Crippen molar-refractivity contribution in [2.75, 3.05) is 11.5 Å². The van der Waals surface area contributed by atoms with Crippen LogP contribution < -0.4 is 9.64 Å². The van der Waals surface area contributed by atoms with E-state index in [1.54, 1.807) is 0 Å². The topological polar surface area (TPSA) is 90.0 Å². The highest BCUT2D eigenvalue weighted by atomic mass is 19.4. The number of ether oxygens (including phenoxy) is 2. The third-order valence-electron chi connectivity index (χ3n) is 4.56. The number of hydrogen-bond donors (Lipinski definition) is 0. The van der Waals surface area contributed by atoms with E-state index in [4.69, 9.17) is 4.74 Å². The van der Waals surface area contributed by atoms with Crippen LogP contribution in [0.4, 0.5) is 18.9 Å². The summed E-state index contributed by atoms with van der Waals surface area (Å²) in [4.78, 5) is 49.5. The smallest absolute Gasteiger partial charge is 0.422 e. The Morgan fingerprint density at radius 1 is 1.14 bits per heavy atom. The molecule has 0 radical (unpaired) electrons. The van der Waals surface area contributed by atoms with E-state index in [-0.39, 0.29) is 17.9 Å². The van der Waals surface area contributed by atoms with Crippen molar-refractivity contribution in [1.29, 1.82) is 0 Å². The first-order chi connectivity index (χ1) is 13.5. The second-order valence-electron chi connectivity index (χ2n) is 6.65. The molecular weight excluding hydrogens is 395 g/mol. The Morgan fingerprint density at radius 3 is 2.21 bits per heavy atom. The first-order valence-corrected chi connectivity index (χ1v) is 8.86. The van der Waals surface area contributed by atoms with Crippen molar-refractivity contribution in [2.24, 2.45) is 17.8 Å². The summed E-state index contributed by atoms with van der Waals surface area (Å²) in [5.41, 5.74) is 0.198. The van der Waals surface area contributed by atoms with E-state index in [2.05, 4.69) is 4.74 Å². The molecule has 3 unspecified atom stereocenters. The van der Waals surface area contributed by atoms with Gasteiger partial charge in [-0.05, 0) is 30.7 Å². The number of alkyl halides is 3. The highest BCUT2D eigenvalue weighted by Crippen LogP contribution is 2.37. The minimum Gasteiger partial charge on any atom is -0.456 e. The second kappa shape index (κ2) is 8.62. The summed E-state index contributed by atoms with van der Waals surface area (Å²) in [5, 5.41) is 0. The number of benzene rings is 1. The zero-order valence-electron chi connectivity index (χ0n) is 16.0. The average molecular weight is 415 g/mol. The van der Waals surface area contributed by atoms with Crippen LogP contribution in [0.3, 0.4) is 0 Å². The monoisotopic (exact) mass is 415 g/mol. The zero-order valence-corrected chi connectivity index (χ0v) is 16.0. The van der Waals surface area contributed by atoms with E-state index in [1.807, 2.05) is 0 Å². The normalized spacial score (nSPS) is 20.6. The molecule has 1 heterocycles. The van der Waals surface area contributed by atoms with Crippen molar-refractivity contribution in [3.8, 4) is 5.75 Å². The number of hydrogen-bond acceptors (Lipinski definition) is 6. The molecule has 0 aliphatic carbocycles. The lowest BCUT2D eigenvalue weighted by atomic mass is 9.82. The number of rotatable bonds is 6. The first-order valence-electron chi connectivity index (χ1n) is 8.86. The largest absolute Gasteiger partial charge is 0.456 e. The standard InChI is InChI=1S/C19H20F3NO6/c1-4-14(18(27)28-9-19(20,21)22)15-10(2)16(25)23(17(15)26)12-5-7-13(8-6-12)29-11(3)24/h5-8,10,14-15H,4,9H2,1-3H3. The van der Waals surface area contributed by atoms with Crippen LogP contribution in [0.25, 0.3) is 0 Å². The Hall–Kier alpha value is -2.91. The molecule has 3 atom stereocenters. The molecule has 1 saturated heterocycles. The maximum atomic E-state index is 12.9. The lowest BCUT2D eigenvalue weighted by Gasteiger charge is -2.22. The molecule has 1 aliphatic rings. The highest BCUT2D eigenvalue weighted by molar-refractivity contribution is 6.22. The summed E-state index contributed by atoms with van der Waals surface area (Å²) >= 11 is 0.